The molecular formula is C17H17N3O8S. The number of amides is 1. The number of hydrogen-bond donors (Lipinski definition) is 2. The maximum Gasteiger partial charge on any atom is 0.338 e. The highest BCUT2D eigenvalue weighted by Crippen LogP contribution is 2.31. The van der Waals surface area contributed by atoms with Gasteiger partial charge in [-0.2, -0.15) is 0 Å². The number of nitro groups is 1. The minimum atomic E-state index is -4.24. The molecule has 0 aliphatic rings. The number of hydrogen-bond acceptors (Lipinski definition) is 8. The summed E-state index contributed by atoms with van der Waals surface area (Å²) >= 11 is 0. The molecule has 154 valence electrons. The van der Waals surface area contributed by atoms with Crippen LogP contribution in [0.25, 0.3) is 0 Å². The molecule has 0 radical (unpaired) electrons. The van der Waals surface area contributed by atoms with Crippen LogP contribution in [-0.2, 0) is 19.6 Å². The second-order valence-electron chi connectivity index (χ2n) is 5.72. The molecule has 0 aromatic heterocycles. The topological polar surface area (TPSA) is 168 Å². The highest BCUT2D eigenvalue weighted by atomic mass is 32.2. The van der Waals surface area contributed by atoms with Gasteiger partial charge in [-0.3, -0.25) is 19.6 Å². The first-order chi connectivity index (χ1) is 13.5. The maximum atomic E-state index is 12.7. The number of carbonyl (C=O) groups excluding carboxylic acids is 2. The van der Waals surface area contributed by atoms with Crippen LogP contribution in [-0.4, -0.2) is 38.4 Å². The van der Waals surface area contributed by atoms with E-state index in [0.29, 0.717) is 0 Å². The summed E-state index contributed by atoms with van der Waals surface area (Å²) in [4.78, 5) is 33.0. The fraction of sp³-hybridized carbons (Fsp3) is 0.176. The first-order valence-electron chi connectivity index (χ1n) is 8.00. The van der Waals surface area contributed by atoms with Gasteiger partial charge < -0.3 is 15.2 Å². The molecule has 12 heteroatoms. The van der Waals surface area contributed by atoms with E-state index in [-0.39, 0.29) is 27.6 Å². The van der Waals surface area contributed by atoms with Crippen LogP contribution in [0.2, 0.25) is 0 Å². The zero-order chi connectivity index (χ0) is 21.8. The zero-order valence-corrected chi connectivity index (χ0v) is 16.1. The molecule has 0 aliphatic heterocycles. The summed E-state index contributed by atoms with van der Waals surface area (Å²) in [7, 11) is -2.97. The number of nitrogens with two attached hydrogens (primary N) is 1. The summed E-state index contributed by atoms with van der Waals surface area (Å²) in [6.45, 7) is 1.27. The number of carbonyl (C=O) groups is 2. The Balaban J connectivity index is 2.35. The molecule has 0 saturated carbocycles. The number of nitro benzene ring substituents is 1. The third kappa shape index (κ3) is 5.19. The molecule has 1 atom stereocenters. The lowest BCUT2D eigenvalue weighted by Gasteiger charge is -2.13. The molecule has 0 fully saturated rings. The molecule has 2 aromatic rings. The highest BCUT2D eigenvalue weighted by Gasteiger charge is 2.22. The predicted octanol–water partition coefficient (Wildman–Crippen LogP) is 1.43. The summed E-state index contributed by atoms with van der Waals surface area (Å²) in [5.74, 6) is -1.74. The van der Waals surface area contributed by atoms with Crippen LogP contribution in [0.1, 0.15) is 17.3 Å². The fourth-order valence-electron chi connectivity index (χ4n) is 2.17. The molecule has 1 amide bonds. The second kappa shape index (κ2) is 8.56. The van der Waals surface area contributed by atoms with Gasteiger partial charge in [-0.15, -0.1) is 0 Å². The van der Waals surface area contributed by atoms with Crippen molar-refractivity contribution in [2.45, 2.75) is 17.9 Å². The van der Waals surface area contributed by atoms with Crippen LogP contribution in [0.3, 0.4) is 0 Å². The Kier molecular flexibility index (Phi) is 6.38. The summed E-state index contributed by atoms with van der Waals surface area (Å²) in [5, 5.41) is 10.9. The zero-order valence-electron chi connectivity index (χ0n) is 15.3. The molecule has 29 heavy (non-hydrogen) atoms. The third-order valence-corrected chi connectivity index (χ3v) is 5.07. The van der Waals surface area contributed by atoms with Gasteiger partial charge in [0.05, 0.1) is 28.2 Å². The van der Waals surface area contributed by atoms with E-state index in [2.05, 4.69) is 4.72 Å². The van der Waals surface area contributed by atoms with Crippen molar-refractivity contribution in [3.8, 4) is 5.75 Å². The Morgan fingerprint density at radius 2 is 1.90 bits per heavy atom. The Morgan fingerprint density at radius 1 is 1.21 bits per heavy atom. The largest absolute Gasteiger partial charge is 0.495 e. The maximum absolute atomic E-state index is 12.7. The van der Waals surface area contributed by atoms with E-state index < -0.39 is 32.9 Å². The summed E-state index contributed by atoms with van der Waals surface area (Å²) in [5.41, 5.74) is 4.39. The van der Waals surface area contributed by atoms with Gasteiger partial charge in [0, 0.05) is 12.1 Å². The third-order valence-electron chi connectivity index (χ3n) is 3.70. The standard InChI is InChI=1S/C17H17N3O8S/c1-10(16(18)21)28-17(22)11-4-3-5-13(8-11)29(25,26)19-14-9-12(20(23)24)6-7-15(14)27-2/h3-10,19H,1-2H3,(H2,18,21)/t10-/m1/s1. The monoisotopic (exact) mass is 423 g/mol. The number of methoxy groups -OCH3 is 1. The SMILES string of the molecule is COc1ccc([N+](=O)[O-])cc1NS(=O)(=O)c1cccc(C(=O)O[C@H](C)C(N)=O)c1. The van der Waals surface area contributed by atoms with Crippen LogP contribution in [0.15, 0.2) is 47.4 Å². The smallest absolute Gasteiger partial charge is 0.338 e. The van der Waals surface area contributed by atoms with Crippen LogP contribution in [0.5, 0.6) is 5.75 Å². The van der Waals surface area contributed by atoms with Crippen molar-refractivity contribution in [3.05, 3.63) is 58.1 Å². The molecule has 0 spiro atoms. The van der Waals surface area contributed by atoms with Crippen molar-refractivity contribution in [2.75, 3.05) is 11.8 Å². The van der Waals surface area contributed by atoms with Crippen molar-refractivity contribution in [1.29, 1.82) is 0 Å². The fourth-order valence-corrected chi connectivity index (χ4v) is 3.28. The van der Waals surface area contributed by atoms with E-state index in [1.54, 1.807) is 0 Å². The molecule has 0 heterocycles. The number of benzene rings is 2. The van der Waals surface area contributed by atoms with Crippen LogP contribution in [0, 0.1) is 10.1 Å². The average molecular weight is 423 g/mol. The van der Waals surface area contributed by atoms with Gasteiger partial charge in [0.2, 0.25) is 0 Å². The van der Waals surface area contributed by atoms with Gasteiger partial charge in [-0.25, -0.2) is 13.2 Å². The molecule has 11 nitrogen and oxygen atoms in total. The first-order valence-corrected chi connectivity index (χ1v) is 9.49. The molecule has 3 N–H and O–H groups in total. The van der Waals surface area contributed by atoms with Gasteiger partial charge in [0.1, 0.15) is 5.75 Å². The van der Waals surface area contributed by atoms with Crippen LogP contribution >= 0.6 is 0 Å². The van der Waals surface area contributed by atoms with Crippen LogP contribution in [0.4, 0.5) is 11.4 Å². The van der Waals surface area contributed by atoms with Gasteiger partial charge in [0.25, 0.3) is 21.6 Å². The highest BCUT2D eigenvalue weighted by molar-refractivity contribution is 7.92. The molecule has 0 bridgehead atoms. The minimum absolute atomic E-state index is 0.0602. The predicted molar refractivity (Wildman–Crippen MR) is 101 cm³/mol. The number of ether oxygens (including phenoxy) is 2. The Morgan fingerprint density at radius 3 is 2.48 bits per heavy atom. The quantitative estimate of drug-likeness (QED) is 0.365. The van der Waals surface area contributed by atoms with E-state index in [9.17, 15) is 28.1 Å². The molecular weight excluding hydrogens is 406 g/mol. The number of non-ortho nitro benzene ring substituents is 1. The first kappa shape index (κ1) is 21.6. The summed E-state index contributed by atoms with van der Waals surface area (Å²) in [6, 6.07) is 8.24. The molecule has 0 aliphatic carbocycles. The lowest BCUT2D eigenvalue weighted by atomic mass is 10.2. The second-order valence-corrected chi connectivity index (χ2v) is 7.41. The number of rotatable bonds is 8. The summed E-state index contributed by atoms with van der Waals surface area (Å²) in [6.07, 6.45) is -1.20. The van der Waals surface area contributed by atoms with E-state index in [1.165, 1.54) is 38.3 Å². The van der Waals surface area contributed by atoms with Gasteiger partial charge in [0.15, 0.2) is 6.10 Å². The number of esters is 1. The van der Waals surface area contributed by atoms with E-state index in [4.69, 9.17) is 15.2 Å². The van der Waals surface area contributed by atoms with Crippen LogP contribution < -0.4 is 15.2 Å². The van der Waals surface area contributed by atoms with Crippen molar-refractivity contribution in [2.24, 2.45) is 5.73 Å². The number of anilines is 1. The molecule has 2 aromatic carbocycles. The Bertz CT molecular complexity index is 1070. The average Bonchev–Trinajstić information content (AvgIpc) is 2.67. The van der Waals surface area contributed by atoms with Crippen molar-refractivity contribution >= 4 is 33.3 Å². The van der Waals surface area contributed by atoms with Crippen molar-refractivity contribution in [1.82, 2.24) is 0 Å². The molecule has 2 rings (SSSR count). The summed E-state index contributed by atoms with van der Waals surface area (Å²) < 4.78 is 37.4. The van der Waals surface area contributed by atoms with Crippen molar-refractivity contribution in [3.63, 3.8) is 0 Å². The lowest BCUT2D eigenvalue weighted by Crippen LogP contribution is -2.30. The Labute approximate surface area is 165 Å². The molecule has 0 unspecified atom stereocenters. The Hall–Kier alpha value is -3.67. The number of nitrogens with one attached hydrogen (secondary N) is 1. The lowest BCUT2D eigenvalue weighted by molar-refractivity contribution is -0.384. The van der Waals surface area contributed by atoms with E-state index in [1.807, 2.05) is 0 Å². The van der Waals surface area contributed by atoms with E-state index in [0.717, 1.165) is 18.2 Å². The normalized spacial score (nSPS) is 11.9. The molecule has 0 saturated heterocycles. The van der Waals surface area contributed by atoms with Gasteiger partial charge in [-0.1, -0.05) is 6.07 Å². The number of sulfonamides is 1. The van der Waals surface area contributed by atoms with Gasteiger partial charge in [-0.05, 0) is 31.2 Å². The van der Waals surface area contributed by atoms with Gasteiger partial charge >= 0.3 is 5.97 Å². The number of primary amides is 1. The minimum Gasteiger partial charge on any atom is -0.495 e. The van der Waals surface area contributed by atoms with E-state index >= 15 is 0 Å². The number of nitrogens with zero attached hydrogens (tertiary/aromatic N) is 1. The van der Waals surface area contributed by atoms with Crippen molar-refractivity contribution < 1.29 is 32.4 Å².